The quantitative estimate of drug-likeness (QED) is 0.0879. The maximum absolute atomic E-state index is 9.84. The molecule has 0 aliphatic carbocycles. The Balaban J connectivity index is 0.986. The smallest absolute Gasteiger partial charge is 0.0645 e. The molecule has 0 amide bonds. The van der Waals surface area contributed by atoms with Crippen LogP contribution in [0.5, 0.6) is 0 Å². The fourth-order valence-corrected chi connectivity index (χ4v) is 15.9. The van der Waals surface area contributed by atoms with Crippen molar-refractivity contribution in [2.75, 3.05) is 4.90 Å². The van der Waals surface area contributed by atoms with E-state index >= 15 is 0 Å². The third-order valence-electron chi connectivity index (χ3n) is 21.0. The molecular formula is C107H79N3. The summed E-state index contributed by atoms with van der Waals surface area (Å²) in [5, 5.41) is -0.272. The number of nitrogens with zero attached hydrogens (tertiary/aromatic N) is 3. The number of hydrogen-bond acceptors (Lipinski definition) is 1. The number of rotatable bonds is 16. The Bertz CT molecular complexity index is 6910. The molecule has 0 N–H and O–H groups in total. The van der Waals surface area contributed by atoms with E-state index in [-0.39, 0.29) is 43.6 Å². The molecule has 0 aliphatic rings. The fourth-order valence-electron chi connectivity index (χ4n) is 15.9. The van der Waals surface area contributed by atoms with E-state index < -0.39 is 108 Å². The zero-order chi connectivity index (χ0) is 87.6. The van der Waals surface area contributed by atoms with E-state index in [1.165, 1.54) is 0 Å². The molecule has 1 unspecified atom stereocenters. The van der Waals surface area contributed by atoms with Crippen molar-refractivity contribution in [2.24, 2.45) is 0 Å². The Morgan fingerprint density at radius 2 is 0.600 bits per heavy atom. The molecule has 19 rings (SSSR count). The van der Waals surface area contributed by atoms with Crippen molar-refractivity contribution in [3.8, 4) is 100 Å². The monoisotopic (exact) mass is 1420 g/mol. The summed E-state index contributed by atoms with van der Waals surface area (Å²) in [6.07, 6.45) is 0. The maximum Gasteiger partial charge on any atom is 0.0645 e. The first-order chi connectivity index (χ1) is 60.8. The summed E-state index contributed by atoms with van der Waals surface area (Å²) in [4.78, 5) is 2.24. The molecule has 19 aromatic rings. The average Bonchev–Trinajstić information content (AvgIpc) is 1.56. The Labute approximate surface area is 666 Å². The third-order valence-corrected chi connectivity index (χ3v) is 21.0. The van der Waals surface area contributed by atoms with Gasteiger partial charge in [-0.2, -0.15) is 0 Å². The number of fused-ring (bicyclic) bond motifs is 6. The van der Waals surface area contributed by atoms with Crippen LogP contribution >= 0.6 is 0 Å². The minimum Gasteiger partial charge on any atom is -0.309 e. The van der Waals surface area contributed by atoms with Gasteiger partial charge in [0.15, 0.2) is 0 Å². The van der Waals surface area contributed by atoms with Crippen LogP contribution in [0.25, 0.3) is 144 Å². The molecule has 110 heavy (non-hydrogen) atoms. The van der Waals surface area contributed by atoms with Crippen molar-refractivity contribution in [3.63, 3.8) is 0 Å². The molecule has 0 aliphatic heterocycles. The molecule has 17 aromatic carbocycles. The van der Waals surface area contributed by atoms with Gasteiger partial charge < -0.3 is 14.0 Å². The number of aromatic nitrogens is 2. The van der Waals surface area contributed by atoms with Crippen LogP contribution in [0.4, 0.5) is 17.1 Å². The highest BCUT2D eigenvalue weighted by Gasteiger charge is 2.32. The summed E-state index contributed by atoms with van der Waals surface area (Å²) in [5.74, 6) is -0.884. The molecule has 0 saturated carbocycles. The van der Waals surface area contributed by atoms with Crippen molar-refractivity contribution in [3.05, 3.63) is 440 Å². The van der Waals surface area contributed by atoms with Crippen molar-refractivity contribution in [1.82, 2.24) is 9.13 Å². The Hall–Kier alpha value is -13.9. The van der Waals surface area contributed by atoms with E-state index in [4.69, 9.17) is 5.48 Å². The van der Waals surface area contributed by atoms with Gasteiger partial charge >= 0.3 is 0 Å². The van der Waals surface area contributed by atoms with E-state index in [1.807, 2.05) is 146 Å². The molecule has 2 aromatic heterocycles. The van der Waals surface area contributed by atoms with Gasteiger partial charge in [-0.05, 0) is 209 Å². The predicted molar refractivity (Wildman–Crippen MR) is 466 cm³/mol. The summed E-state index contributed by atoms with van der Waals surface area (Å²) >= 11 is 0. The van der Waals surface area contributed by atoms with Crippen molar-refractivity contribution < 1.29 is 21.9 Å². The van der Waals surface area contributed by atoms with Gasteiger partial charge in [-0.1, -0.05) is 336 Å². The summed E-state index contributed by atoms with van der Waals surface area (Å²) in [6, 6.07) is 101. The number of hydrogen-bond donors (Lipinski definition) is 0. The van der Waals surface area contributed by atoms with Gasteiger partial charge in [0.05, 0.1) is 49.7 Å². The molecule has 2 heterocycles. The van der Waals surface area contributed by atoms with Crippen LogP contribution in [-0.2, 0) is 5.41 Å². The topological polar surface area (TPSA) is 13.1 Å². The molecule has 0 spiro atoms. The first-order valence-electron chi connectivity index (χ1n) is 44.9. The van der Waals surface area contributed by atoms with E-state index in [0.29, 0.717) is 34.0 Å². The molecule has 1 atom stereocenters. The number of benzene rings is 17. The van der Waals surface area contributed by atoms with Crippen LogP contribution in [0.3, 0.4) is 0 Å². The lowest BCUT2D eigenvalue weighted by molar-refractivity contribution is 0.589. The van der Waals surface area contributed by atoms with Gasteiger partial charge in [0.2, 0.25) is 0 Å². The lowest BCUT2D eigenvalue weighted by Crippen LogP contribution is -2.18. The summed E-state index contributed by atoms with van der Waals surface area (Å²) in [7, 11) is 0. The van der Waals surface area contributed by atoms with Gasteiger partial charge in [-0.25, -0.2) is 0 Å². The lowest BCUT2D eigenvalue weighted by Gasteiger charge is -2.34. The summed E-state index contributed by atoms with van der Waals surface area (Å²) in [5.41, 5.74) is 19.2. The van der Waals surface area contributed by atoms with Gasteiger partial charge in [0.1, 0.15) is 0 Å². The van der Waals surface area contributed by atoms with Crippen LogP contribution in [0.15, 0.2) is 418 Å². The highest BCUT2D eigenvalue weighted by Crippen LogP contribution is 2.53. The zero-order valence-corrected chi connectivity index (χ0v) is 60.5. The lowest BCUT2D eigenvalue weighted by atomic mass is 9.75. The molecule has 0 radical (unpaired) electrons. The van der Waals surface area contributed by atoms with Gasteiger partial charge in [0.25, 0.3) is 0 Å². The maximum atomic E-state index is 9.84. The molecule has 0 bridgehead atoms. The summed E-state index contributed by atoms with van der Waals surface area (Å²) in [6.45, 7) is 6.50. The predicted octanol–water partition coefficient (Wildman–Crippen LogP) is 29.2. The Morgan fingerprint density at radius 1 is 0.264 bits per heavy atom. The molecule has 0 fully saturated rings. The largest absolute Gasteiger partial charge is 0.309 e. The van der Waals surface area contributed by atoms with Crippen molar-refractivity contribution >= 4 is 60.7 Å². The second-order valence-electron chi connectivity index (χ2n) is 28.8. The third kappa shape index (κ3) is 12.4. The highest BCUT2D eigenvalue weighted by atomic mass is 15.2. The van der Waals surface area contributed by atoms with Gasteiger partial charge in [0, 0.05) is 61.3 Å². The first-order valence-corrected chi connectivity index (χ1v) is 36.9. The highest BCUT2D eigenvalue weighted by molar-refractivity contribution is 6.11. The standard InChI is InChI=1S/C107H79N3/c1-107(2,3)87-68-86(104(79-46-30-47-88(69-79)109-100-58-26-22-50-96(100)97-51-23-27-59-101(97)109)105-92(77-42-18-8-19-43-77)54-32-55-93(105)84-64-80(73-34-10-4-11-35-73)62-81(65-84)74-36-12-5-13-37-74)70-91(71-87)108(89-48-31-49-90(72-89)110-102-60-28-24-52-98(102)99-53-25-29-61-103(99)110)106-94(78-44-20-9-21-45-78)56-33-57-95(106)85-66-82(75-38-14-6-15-39-75)63-83(67-85)76-40-16-7-17-41-76/h4-72,104H,1-3H3/i22D,23D,24D,25D,26D,27D,28D,29D,50D,51D,52D,53D,58D,59D,60D,61D. The minimum absolute atomic E-state index is 0.0390. The van der Waals surface area contributed by atoms with Crippen molar-refractivity contribution in [2.45, 2.75) is 32.1 Å². The summed E-state index contributed by atoms with van der Waals surface area (Å²) < 4.78 is 154. The molecule has 522 valence electrons. The van der Waals surface area contributed by atoms with Crippen LogP contribution in [0.1, 0.15) is 70.9 Å². The zero-order valence-electron chi connectivity index (χ0n) is 76.5. The second kappa shape index (κ2) is 28.5. The second-order valence-corrected chi connectivity index (χ2v) is 28.8. The van der Waals surface area contributed by atoms with Gasteiger partial charge in [-0.3, -0.25) is 0 Å². The molecular weight excluding hydrogens is 1330 g/mol. The Morgan fingerprint density at radius 3 is 1.03 bits per heavy atom. The SMILES string of the molecule is [2H]c1c([2H])c([2H])c2c(c1[2H])c1c([2H])c([2H])c([2H])c([2H])c1n2-c1cccc(C(c2cc(N(c3cccc(-n4c5c([2H])c([2H])c([2H])c([2H])c5c5c([2H])c([2H])c([2H])c([2H])c54)c3)c3c(-c4ccccc4)cccc3-c3cc(-c4ccccc4)cc(-c4ccccc4)c3)cc(C(C)(C)C)c2)c2c(-c3ccccc3)cccc2-c2cc(-c3ccccc3)cc(-c3ccccc3)c2)c1. The minimum atomic E-state index is -0.884. The van der Waals surface area contributed by atoms with E-state index in [0.717, 1.165) is 106 Å². The molecule has 0 saturated heterocycles. The number of anilines is 3. The van der Waals surface area contributed by atoms with E-state index in [9.17, 15) is 16.4 Å². The average molecular weight is 1420 g/mol. The van der Waals surface area contributed by atoms with E-state index in [2.05, 4.69) is 189 Å². The van der Waals surface area contributed by atoms with Crippen LogP contribution in [0, 0.1) is 0 Å². The Kier molecular flexibility index (Phi) is 13.3. The number of para-hydroxylation sites is 5. The van der Waals surface area contributed by atoms with Gasteiger partial charge in [-0.15, -0.1) is 0 Å². The normalized spacial score (nSPS) is 14.0. The molecule has 3 nitrogen and oxygen atoms in total. The van der Waals surface area contributed by atoms with Crippen LogP contribution in [-0.4, -0.2) is 9.13 Å². The van der Waals surface area contributed by atoms with Crippen LogP contribution < -0.4 is 4.90 Å². The van der Waals surface area contributed by atoms with Crippen LogP contribution in [0.2, 0.25) is 0 Å². The van der Waals surface area contributed by atoms with Crippen molar-refractivity contribution in [1.29, 1.82) is 0 Å². The molecule has 3 heteroatoms. The fraction of sp³-hybridized carbons (Fsp3) is 0.0467. The first kappa shape index (κ1) is 51.4. The van der Waals surface area contributed by atoms with E-state index in [1.54, 1.807) is 21.3 Å².